The molecule has 2 aromatic heterocycles. The van der Waals surface area contributed by atoms with Crippen LogP contribution in [0.25, 0.3) is 10.9 Å². The van der Waals surface area contributed by atoms with Crippen LogP contribution in [0.2, 0.25) is 0 Å². The number of carbonyl (C=O) groups is 10. The number of pyridine rings is 1. The van der Waals surface area contributed by atoms with Crippen molar-refractivity contribution in [2.24, 2.45) is 39.6 Å². The number of aliphatic hydroxyl groups is 1. The number of aliphatic imine (C=N–C) groups is 1. The molecule has 0 radical (unpaired) electrons. The average Bonchev–Trinajstić information content (AvgIpc) is 3.90. The summed E-state index contributed by atoms with van der Waals surface area (Å²) < 4.78 is 0. The highest BCUT2D eigenvalue weighted by Gasteiger charge is 2.37. The molecule has 0 aliphatic rings. The predicted octanol–water partition coefficient (Wildman–Crippen LogP) is -2.34. The summed E-state index contributed by atoms with van der Waals surface area (Å²) in [6.45, 7) is 4.78. The Morgan fingerprint density at radius 2 is 1.19 bits per heavy atom. The van der Waals surface area contributed by atoms with Crippen LogP contribution >= 0.6 is 0 Å². The van der Waals surface area contributed by atoms with Crippen LogP contribution in [0, 0.1) is 5.92 Å². The zero-order valence-corrected chi connectivity index (χ0v) is 49.2. The summed E-state index contributed by atoms with van der Waals surface area (Å²) in [6, 6.07) is 12.1. The number of aromatic nitrogens is 2. The second-order valence-electron chi connectivity index (χ2n) is 21.5. The van der Waals surface area contributed by atoms with Gasteiger partial charge in [-0.3, -0.25) is 58.6 Å². The molecule has 11 amide bonds. The summed E-state index contributed by atoms with van der Waals surface area (Å²) in [5.74, 6) is -8.88. The molecule has 5 rings (SSSR count). The van der Waals surface area contributed by atoms with Crippen molar-refractivity contribution in [1.82, 2.24) is 57.6 Å². The van der Waals surface area contributed by atoms with Crippen molar-refractivity contribution in [2.75, 3.05) is 13.6 Å². The minimum absolute atomic E-state index is 0.00337. The van der Waals surface area contributed by atoms with E-state index in [9.17, 15) is 58.2 Å². The maximum Gasteiger partial charge on any atom is 0.334 e. The second-order valence-corrected chi connectivity index (χ2v) is 21.5. The van der Waals surface area contributed by atoms with Crippen molar-refractivity contribution < 1.29 is 58.2 Å². The molecule has 88 heavy (non-hydrogen) atoms. The van der Waals surface area contributed by atoms with Crippen LogP contribution in [0.1, 0.15) is 68.7 Å². The van der Waals surface area contributed by atoms with Crippen molar-refractivity contribution in [2.45, 2.75) is 127 Å². The SMILES string of the molecule is CC(C)C[C@H](NC(=O)NNC(=O)[C@H](Cc1ccccc1)NC(=O)[C@@H](NC(=O)[C@H](CC(N)=O)NC(=O)[C@@H](Cc1ccncc1)NC(=O)[C@H](N)Cc1ccc(O)cc1)[C@@H](C)O)C(=O)N(C)[C@@H](CCCN=C(N)N)C(=O)N[C@@H](Cc1c[nH]c2ccccc12)C(N)=O. The highest BCUT2D eigenvalue weighted by atomic mass is 16.3. The number of phenolic OH excluding ortho intramolecular Hbond substituents is 1. The molecule has 29 nitrogen and oxygen atoms in total. The van der Waals surface area contributed by atoms with Crippen molar-refractivity contribution in [3.8, 4) is 5.75 Å². The first-order valence-corrected chi connectivity index (χ1v) is 28.3. The molecule has 0 aliphatic heterocycles. The first-order chi connectivity index (χ1) is 41.8. The summed E-state index contributed by atoms with van der Waals surface area (Å²) in [6.07, 6.45) is 1.96. The van der Waals surface area contributed by atoms with E-state index in [2.05, 4.69) is 57.7 Å². The lowest BCUT2D eigenvalue weighted by Gasteiger charge is -2.32. The molecule has 0 bridgehead atoms. The summed E-state index contributed by atoms with van der Waals surface area (Å²) >= 11 is 0. The summed E-state index contributed by atoms with van der Waals surface area (Å²) in [7, 11) is 1.35. The van der Waals surface area contributed by atoms with Crippen LogP contribution in [-0.4, -0.2) is 158 Å². The van der Waals surface area contributed by atoms with Crippen molar-refractivity contribution in [1.29, 1.82) is 0 Å². The minimum Gasteiger partial charge on any atom is -0.508 e. The number of benzene rings is 3. The van der Waals surface area contributed by atoms with Gasteiger partial charge in [-0.25, -0.2) is 10.2 Å². The molecule has 472 valence electrons. The maximum absolute atomic E-state index is 14.4. The number of H-pyrrole nitrogens is 1. The van der Waals surface area contributed by atoms with E-state index < -0.39 is 120 Å². The normalized spacial score (nSPS) is 14.1. The molecular formula is C59H79N17O12. The van der Waals surface area contributed by atoms with Gasteiger partial charge >= 0.3 is 6.03 Å². The summed E-state index contributed by atoms with van der Waals surface area (Å²) in [4.78, 5) is 149. The molecule has 3 aromatic carbocycles. The van der Waals surface area contributed by atoms with Crippen molar-refractivity contribution >= 4 is 76.1 Å². The number of para-hydroxylation sites is 1. The molecule has 0 spiro atoms. The zero-order chi connectivity index (χ0) is 64.6. The van der Waals surface area contributed by atoms with E-state index in [4.69, 9.17) is 28.7 Å². The molecule has 2 heterocycles. The highest BCUT2D eigenvalue weighted by molar-refractivity contribution is 5.99. The second kappa shape index (κ2) is 33.5. The van der Waals surface area contributed by atoms with Gasteiger partial charge in [0.25, 0.3) is 5.91 Å². The lowest BCUT2D eigenvalue weighted by atomic mass is 10.0. The Hall–Kier alpha value is -10.2. The molecule has 0 fully saturated rings. The van der Waals surface area contributed by atoms with Crippen LogP contribution in [0.15, 0.2) is 115 Å². The van der Waals surface area contributed by atoms with E-state index in [1.54, 1.807) is 74.6 Å². The number of guanidine groups is 1. The number of rotatable bonds is 32. The highest BCUT2D eigenvalue weighted by Crippen LogP contribution is 2.20. The molecule has 0 saturated heterocycles. The third-order valence-corrected chi connectivity index (χ3v) is 14.0. The minimum atomic E-state index is -1.87. The number of nitrogens with two attached hydrogens (primary N) is 5. The van der Waals surface area contributed by atoms with Gasteiger partial charge < -0.3 is 80.7 Å². The van der Waals surface area contributed by atoms with Gasteiger partial charge in [0.2, 0.25) is 47.3 Å². The van der Waals surface area contributed by atoms with E-state index in [1.807, 2.05) is 24.3 Å². The van der Waals surface area contributed by atoms with Crippen LogP contribution in [-0.2, 0) is 68.8 Å². The fourth-order valence-corrected chi connectivity index (χ4v) is 9.38. The number of hydrogen-bond acceptors (Lipinski definition) is 15. The molecule has 0 aliphatic carbocycles. The Kier molecular flexibility index (Phi) is 26.1. The number of urea groups is 1. The summed E-state index contributed by atoms with van der Waals surface area (Å²) in [5.41, 5.74) is 36.2. The number of fused-ring (bicyclic) bond motifs is 1. The van der Waals surface area contributed by atoms with Gasteiger partial charge in [0, 0.05) is 62.3 Å². The Labute approximate surface area is 507 Å². The molecule has 0 unspecified atom stereocenters. The fraction of sp³-hybridized carbons (Fsp3) is 0.390. The molecule has 0 saturated carbocycles. The van der Waals surface area contributed by atoms with Gasteiger partial charge in [-0.05, 0) is 91.1 Å². The van der Waals surface area contributed by atoms with Crippen LogP contribution in [0.3, 0.4) is 0 Å². The van der Waals surface area contributed by atoms with Gasteiger partial charge in [-0.1, -0.05) is 74.5 Å². The number of nitrogens with one attached hydrogen (secondary N) is 9. The topological polar surface area (TPSA) is 482 Å². The Morgan fingerprint density at radius 1 is 0.614 bits per heavy atom. The number of phenols is 1. The standard InChI is InChI=1S/C59H79N17O12/c1-32(2)25-46(57(87)76(4)47(15-10-22-66-58(63)64)55(85)68-42(50(62)80)29-37-31-67-41-14-9-8-13-39(37)41)72-59(88)75-74-54(84)44(27-34-11-6-5-7-12-34)71-56(86)49(33(3)77)73-53(83)45(30-48(61)79)70-52(82)43(28-36-20-23-65-24-21-36)69-51(81)40(60)26-35-16-18-38(78)19-17-35/h5-9,11-14,16-21,23-24,31-33,40,42-47,49,67,77-78H,10,15,22,25-30,60H2,1-4H3,(H2,61,79)(H2,62,80)(H,68,85)(H,69,81)(H,70,82)(H,71,86)(H,73,83)(H,74,84)(H4,63,64,66)(H2,72,75,88)/t33-,40-,42+,43-,44+,45+,46+,47+,49+/m1/s1. The third-order valence-electron chi connectivity index (χ3n) is 14.0. The number of amides is 11. The van der Waals surface area contributed by atoms with Crippen LogP contribution in [0.5, 0.6) is 5.75 Å². The number of likely N-dealkylation sites (N-methyl/N-ethyl adjacent to an activating group) is 1. The first kappa shape index (κ1) is 68.6. The lowest BCUT2D eigenvalue weighted by molar-refractivity contribution is -0.141. The largest absolute Gasteiger partial charge is 0.508 e. The van der Waals surface area contributed by atoms with Crippen molar-refractivity contribution in [3.63, 3.8) is 0 Å². The molecular weight excluding hydrogens is 1140 g/mol. The maximum atomic E-state index is 14.4. The van der Waals surface area contributed by atoms with Gasteiger partial charge in [-0.15, -0.1) is 0 Å². The molecule has 29 heteroatoms. The number of primary amides is 2. The lowest BCUT2D eigenvalue weighted by Crippen LogP contribution is -2.62. The average molecular weight is 1220 g/mol. The van der Waals surface area contributed by atoms with Gasteiger partial charge in [0.05, 0.1) is 18.6 Å². The molecule has 5 aromatic rings. The van der Waals surface area contributed by atoms with E-state index >= 15 is 0 Å². The number of nitrogens with zero attached hydrogens (tertiary/aromatic N) is 3. The Bertz CT molecular complexity index is 3230. The van der Waals surface area contributed by atoms with E-state index in [0.717, 1.165) is 22.7 Å². The number of carbonyl (C=O) groups excluding carboxylic acids is 10. The monoisotopic (exact) mass is 1220 g/mol. The third kappa shape index (κ3) is 21.7. The molecule has 21 N–H and O–H groups in total. The van der Waals surface area contributed by atoms with Gasteiger partial charge in [0.1, 0.15) is 48.0 Å². The number of aliphatic hydroxyl groups excluding tert-OH is 1. The smallest absolute Gasteiger partial charge is 0.334 e. The van der Waals surface area contributed by atoms with Crippen molar-refractivity contribution in [3.05, 3.63) is 132 Å². The van der Waals surface area contributed by atoms with E-state index in [1.165, 1.54) is 31.6 Å². The van der Waals surface area contributed by atoms with Crippen LogP contribution < -0.4 is 71.4 Å². The predicted molar refractivity (Wildman–Crippen MR) is 324 cm³/mol. The fourth-order valence-electron chi connectivity index (χ4n) is 9.38. The number of aromatic hydroxyl groups is 1. The Morgan fingerprint density at radius 3 is 1.82 bits per heavy atom. The van der Waals surface area contributed by atoms with E-state index in [-0.39, 0.29) is 69.1 Å². The Balaban J connectivity index is 1.29. The number of aromatic amines is 1. The van der Waals surface area contributed by atoms with Gasteiger partial charge in [0.15, 0.2) is 5.96 Å². The number of hydrogen-bond donors (Lipinski definition) is 16. The molecule has 9 atom stereocenters. The quantitative estimate of drug-likeness (QED) is 0.00928. The van der Waals surface area contributed by atoms with Crippen LogP contribution in [0.4, 0.5) is 4.79 Å². The zero-order valence-electron chi connectivity index (χ0n) is 49.2. The number of hydrazine groups is 1. The first-order valence-electron chi connectivity index (χ1n) is 28.3. The van der Waals surface area contributed by atoms with Gasteiger partial charge in [-0.2, -0.15) is 0 Å². The van der Waals surface area contributed by atoms with E-state index in [0.29, 0.717) is 22.3 Å². The summed E-state index contributed by atoms with van der Waals surface area (Å²) in [5, 5.41) is 36.5.